The number of carbonyl (C=O) groups excluding carboxylic acids is 2. The van der Waals surface area contributed by atoms with Crippen molar-refractivity contribution < 1.29 is 14.3 Å². The first-order chi connectivity index (χ1) is 8.61. The van der Waals surface area contributed by atoms with E-state index in [0.717, 1.165) is 12.8 Å². The average molecular weight is 259 g/mol. The lowest BCUT2D eigenvalue weighted by molar-refractivity contribution is -0.123. The Morgan fingerprint density at radius 3 is 2.56 bits per heavy atom. The predicted octanol–water partition coefficient (Wildman–Crippen LogP) is -0.357. The Bertz CT molecular complexity index is 247. The van der Waals surface area contributed by atoms with Crippen molar-refractivity contribution in [1.29, 1.82) is 0 Å². The number of amides is 2. The molecule has 0 aromatic carbocycles. The van der Waals surface area contributed by atoms with Crippen molar-refractivity contribution in [1.82, 2.24) is 16.0 Å². The SMILES string of the molecule is CCCNC(=O)CNC(C)C(=O)NCCCOC. The van der Waals surface area contributed by atoms with E-state index in [1.807, 2.05) is 6.92 Å². The zero-order chi connectivity index (χ0) is 13.8. The van der Waals surface area contributed by atoms with E-state index in [-0.39, 0.29) is 24.4 Å². The first-order valence-corrected chi connectivity index (χ1v) is 6.38. The lowest BCUT2D eigenvalue weighted by Gasteiger charge is -2.13. The Balaban J connectivity index is 3.63. The van der Waals surface area contributed by atoms with Crippen LogP contribution >= 0.6 is 0 Å². The highest BCUT2D eigenvalue weighted by Gasteiger charge is 2.12. The molecule has 6 heteroatoms. The third-order valence-corrected chi connectivity index (χ3v) is 2.36. The van der Waals surface area contributed by atoms with Gasteiger partial charge in [0, 0.05) is 26.8 Å². The molecule has 0 radical (unpaired) electrons. The van der Waals surface area contributed by atoms with Gasteiger partial charge in [0.1, 0.15) is 0 Å². The zero-order valence-electron chi connectivity index (χ0n) is 11.5. The van der Waals surface area contributed by atoms with Crippen LogP contribution in [-0.4, -0.2) is 51.2 Å². The third kappa shape index (κ3) is 8.95. The minimum absolute atomic E-state index is 0.0871. The van der Waals surface area contributed by atoms with Crippen LogP contribution in [0.3, 0.4) is 0 Å². The maximum Gasteiger partial charge on any atom is 0.236 e. The molecule has 0 aliphatic rings. The molecule has 6 nitrogen and oxygen atoms in total. The maximum atomic E-state index is 11.6. The van der Waals surface area contributed by atoms with Crippen molar-refractivity contribution in [2.24, 2.45) is 0 Å². The van der Waals surface area contributed by atoms with Gasteiger partial charge in [-0.25, -0.2) is 0 Å². The summed E-state index contributed by atoms with van der Waals surface area (Å²) in [5, 5.41) is 8.38. The molecule has 3 N–H and O–H groups in total. The summed E-state index contributed by atoms with van der Waals surface area (Å²) in [5.74, 6) is -0.190. The standard InChI is InChI=1S/C12H25N3O3/c1-4-6-13-11(16)9-15-10(2)12(17)14-7-5-8-18-3/h10,15H,4-9H2,1-3H3,(H,13,16)(H,14,17). The van der Waals surface area contributed by atoms with Crippen LogP contribution in [0.15, 0.2) is 0 Å². The first-order valence-electron chi connectivity index (χ1n) is 6.38. The molecule has 0 bridgehead atoms. The van der Waals surface area contributed by atoms with Gasteiger partial charge in [0.2, 0.25) is 11.8 Å². The highest BCUT2D eigenvalue weighted by atomic mass is 16.5. The predicted molar refractivity (Wildman–Crippen MR) is 70.3 cm³/mol. The lowest BCUT2D eigenvalue weighted by Crippen LogP contribution is -2.46. The molecule has 0 aliphatic heterocycles. The van der Waals surface area contributed by atoms with Crippen LogP contribution in [-0.2, 0) is 14.3 Å². The molecule has 0 saturated heterocycles. The summed E-state index contributed by atoms with van der Waals surface area (Å²) in [6, 6.07) is -0.375. The highest BCUT2D eigenvalue weighted by molar-refractivity contribution is 5.83. The highest BCUT2D eigenvalue weighted by Crippen LogP contribution is 1.84. The van der Waals surface area contributed by atoms with E-state index in [2.05, 4.69) is 16.0 Å². The van der Waals surface area contributed by atoms with Crippen molar-refractivity contribution in [3.05, 3.63) is 0 Å². The number of ether oxygens (including phenoxy) is 1. The second-order valence-corrected chi connectivity index (χ2v) is 4.09. The van der Waals surface area contributed by atoms with Crippen molar-refractivity contribution in [3.63, 3.8) is 0 Å². The summed E-state index contributed by atoms with van der Waals surface area (Å²) in [4.78, 5) is 22.9. The molecule has 0 fully saturated rings. The van der Waals surface area contributed by atoms with Crippen LogP contribution < -0.4 is 16.0 Å². The number of nitrogens with one attached hydrogen (secondary N) is 3. The van der Waals surface area contributed by atoms with Crippen molar-refractivity contribution in [3.8, 4) is 0 Å². The Hall–Kier alpha value is -1.14. The number of hydrogen-bond donors (Lipinski definition) is 3. The molecule has 0 aliphatic carbocycles. The summed E-state index contributed by atoms with van der Waals surface area (Å²) in [6.07, 6.45) is 1.69. The summed E-state index contributed by atoms with van der Waals surface area (Å²) >= 11 is 0. The molecule has 1 atom stereocenters. The minimum Gasteiger partial charge on any atom is -0.385 e. The normalized spacial score (nSPS) is 11.9. The van der Waals surface area contributed by atoms with Gasteiger partial charge in [-0.3, -0.25) is 14.9 Å². The van der Waals surface area contributed by atoms with Gasteiger partial charge in [0.15, 0.2) is 0 Å². The van der Waals surface area contributed by atoms with Crippen LogP contribution in [0.2, 0.25) is 0 Å². The Kier molecular flexibility index (Phi) is 10.3. The van der Waals surface area contributed by atoms with Crippen molar-refractivity contribution >= 4 is 11.8 Å². The van der Waals surface area contributed by atoms with Crippen LogP contribution in [0, 0.1) is 0 Å². The molecule has 0 heterocycles. The second kappa shape index (κ2) is 11.0. The second-order valence-electron chi connectivity index (χ2n) is 4.09. The van der Waals surface area contributed by atoms with Gasteiger partial charge >= 0.3 is 0 Å². The number of methoxy groups -OCH3 is 1. The lowest BCUT2D eigenvalue weighted by atomic mass is 10.3. The van der Waals surface area contributed by atoms with Crippen LogP contribution in [0.1, 0.15) is 26.7 Å². The van der Waals surface area contributed by atoms with E-state index in [1.54, 1.807) is 14.0 Å². The zero-order valence-corrected chi connectivity index (χ0v) is 11.5. The van der Waals surface area contributed by atoms with Gasteiger partial charge in [-0.1, -0.05) is 6.92 Å². The van der Waals surface area contributed by atoms with E-state index >= 15 is 0 Å². The summed E-state index contributed by atoms with van der Waals surface area (Å²) in [7, 11) is 1.63. The molecular weight excluding hydrogens is 234 g/mol. The largest absolute Gasteiger partial charge is 0.385 e. The molecule has 0 aromatic rings. The fraction of sp³-hybridized carbons (Fsp3) is 0.833. The number of hydrogen-bond acceptors (Lipinski definition) is 4. The van der Waals surface area contributed by atoms with Gasteiger partial charge in [-0.05, 0) is 19.8 Å². The fourth-order valence-electron chi connectivity index (χ4n) is 1.25. The molecular formula is C12H25N3O3. The molecule has 0 rings (SSSR count). The molecule has 2 amide bonds. The molecule has 0 aromatic heterocycles. The summed E-state index contributed by atoms with van der Waals surface area (Å²) in [6.45, 7) is 5.76. The maximum absolute atomic E-state index is 11.6. The summed E-state index contributed by atoms with van der Waals surface area (Å²) in [5.41, 5.74) is 0. The Morgan fingerprint density at radius 2 is 1.94 bits per heavy atom. The Morgan fingerprint density at radius 1 is 1.22 bits per heavy atom. The fourth-order valence-corrected chi connectivity index (χ4v) is 1.25. The average Bonchev–Trinajstić information content (AvgIpc) is 2.38. The van der Waals surface area contributed by atoms with E-state index < -0.39 is 0 Å². The van der Waals surface area contributed by atoms with E-state index in [4.69, 9.17) is 4.74 Å². The van der Waals surface area contributed by atoms with Gasteiger partial charge < -0.3 is 15.4 Å². The summed E-state index contributed by atoms with van der Waals surface area (Å²) < 4.78 is 4.88. The molecule has 1 unspecified atom stereocenters. The van der Waals surface area contributed by atoms with E-state index in [1.165, 1.54) is 0 Å². The topological polar surface area (TPSA) is 79.5 Å². The smallest absolute Gasteiger partial charge is 0.236 e. The van der Waals surface area contributed by atoms with Crippen molar-refractivity contribution in [2.75, 3.05) is 33.4 Å². The monoisotopic (exact) mass is 259 g/mol. The van der Waals surface area contributed by atoms with Crippen LogP contribution in [0.4, 0.5) is 0 Å². The number of carbonyl (C=O) groups is 2. The van der Waals surface area contributed by atoms with Gasteiger partial charge in [0.05, 0.1) is 12.6 Å². The first kappa shape index (κ1) is 16.9. The van der Waals surface area contributed by atoms with E-state index in [0.29, 0.717) is 19.7 Å². The molecule has 0 saturated carbocycles. The Labute approximate surface area is 109 Å². The molecule has 0 spiro atoms. The van der Waals surface area contributed by atoms with E-state index in [9.17, 15) is 9.59 Å². The molecule has 106 valence electrons. The van der Waals surface area contributed by atoms with Gasteiger partial charge in [-0.2, -0.15) is 0 Å². The number of rotatable bonds is 10. The van der Waals surface area contributed by atoms with Crippen LogP contribution in [0.5, 0.6) is 0 Å². The van der Waals surface area contributed by atoms with Crippen molar-refractivity contribution in [2.45, 2.75) is 32.7 Å². The van der Waals surface area contributed by atoms with Gasteiger partial charge in [0.25, 0.3) is 0 Å². The van der Waals surface area contributed by atoms with Crippen LogP contribution in [0.25, 0.3) is 0 Å². The third-order valence-electron chi connectivity index (χ3n) is 2.36. The molecule has 18 heavy (non-hydrogen) atoms. The minimum atomic E-state index is -0.375. The van der Waals surface area contributed by atoms with Gasteiger partial charge in [-0.15, -0.1) is 0 Å². The quantitative estimate of drug-likeness (QED) is 0.468.